The zero-order valence-electron chi connectivity index (χ0n) is 16.0. The molecule has 0 unspecified atom stereocenters. The van der Waals surface area contributed by atoms with Gasteiger partial charge in [0, 0.05) is 5.56 Å². The van der Waals surface area contributed by atoms with Crippen molar-refractivity contribution in [3.8, 4) is 17.4 Å². The summed E-state index contributed by atoms with van der Waals surface area (Å²) >= 11 is 18.1. The van der Waals surface area contributed by atoms with Crippen molar-refractivity contribution in [2.24, 2.45) is 0 Å². The van der Waals surface area contributed by atoms with Crippen LogP contribution in [0.5, 0.6) is 0 Å². The van der Waals surface area contributed by atoms with Gasteiger partial charge in [-0.2, -0.15) is 5.26 Å². The van der Waals surface area contributed by atoms with Crippen LogP contribution in [0.3, 0.4) is 0 Å². The van der Waals surface area contributed by atoms with Crippen LogP contribution in [0.2, 0.25) is 10.0 Å². The van der Waals surface area contributed by atoms with E-state index in [4.69, 9.17) is 44.6 Å². The number of nitrogens with zero attached hydrogens (tertiary/aromatic N) is 1. The van der Waals surface area contributed by atoms with Gasteiger partial charge in [0.2, 0.25) is 0 Å². The first-order valence-corrected chi connectivity index (χ1v) is 10.5. The van der Waals surface area contributed by atoms with E-state index in [0.29, 0.717) is 31.9 Å². The molecule has 3 rings (SSSR count). The number of rotatable bonds is 4. The van der Waals surface area contributed by atoms with Gasteiger partial charge in [0.1, 0.15) is 21.7 Å². The number of esters is 1. The Morgan fingerprint density at radius 3 is 2.61 bits per heavy atom. The van der Waals surface area contributed by atoms with Gasteiger partial charge in [-0.15, -0.1) is 11.3 Å². The number of ether oxygens (including phenoxy) is 1. The molecule has 0 bridgehead atoms. The maximum atomic E-state index is 12.5. The highest BCUT2D eigenvalue weighted by Crippen LogP contribution is 2.33. The Labute approximate surface area is 196 Å². The molecule has 0 saturated heterocycles. The molecule has 0 atom stereocenters. The molecule has 0 radical (unpaired) electrons. The molecule has 2 aromatic heterocycles. The Morgan fingerprint density at radius 2 is 1.97 bits per heavy atom. The third-order valence-corrected chi connectivity index (χ3v) is 6.25. The van der Waals surface area contributed by atoms with Crippen LogP contribution in [0.4, 0.5) is 5.00 Å². The van der Waals surface area contributed by atoms with E-state index in [2.05, 4.69) is 10.6 Å². The fraction of sp³-hybridized carbons (Fsp3) is 0.100. The van der Waals surface area contributed by atoms with Crippen molar-refractivity contribution in [3.05, 3.63) is 62.1 Å². The second-order valence-electron chi connectivity index (χ2n) is 6.06. The van der Waals surface area contributed by atoms with E-state index in [9.17, 15) is 14.9 Å². The van der Waals surface area contributed by atoms with Crippen molar-refractivity contribution in [2.45, 2.75) is 6.92 Å². The van der Waals surface area contributed by atoms with Gasteiger partial charge in [-0.3, -0.25) is 10.1 Å². The Bertz CT molecular complexity index is 1240. The highest BCUT2D eigenvalue weighted by Gasteiger charge is 2.22. The van der Waals surface area contributed by atoms with E-state index < -0.39 is 11.9 Å². The van der Waals surface area contributed by atoms with Gasteiger partial charge in [-0.1, -0.05) is 23.2 Å². The van der Waals surface area contributed by atoms with E-state index in [-0.39, 0.29) is 21.3 Å². The molecule has 0 spiro atoms. The van der Waals surface area contributed by atoms with Crippen molar-refractivity contribution in [3.63, 3.8) is 0 Å². The maximum absolute atomic E-state index is 12.5. The average molecular weight is 494 g/mol. The summed E-state index contributed by atoms with van der Waals surface area (Å²) in [6.45, 7) is 1.63. The molecule has 2 heterocycles. The van der Waals surface area contributed by atoms with Crippen LogP contribution < -0.4 is 10.6 Å². The first kappa shape index (κ1) is 22.8. The predicted molar refractivity (Wildman–Crippen MR) is 123 cm³/mol. The number of thiophene rings is 1. The monoisotopic (exact) mass is 493 g/mol. The molecule has 2 N–H and O–H groups in total. The molecule has 1 amide bonds. The molecule has 1 aromatic carbocycles. The van der Waals surface area contributed by atoms with Crippen LogP contribution in [-0.4, -0.2) is 24.1 Å². The van der Waals surface area contributed by atoms with Crippen LogP contribution in [-0.2, 0) is 4.74 Å². The van der Waals surface area contributed by atoms with E-state index in [1.807, 2.05) is 6.07 Å². The lowest BCUT2D eigenvalue weighted by atomic mass is 10.2. The number of nitriles is 1. The van der Waals surface area contributed by atoms with Gasteiger partial charge in [-0.25, -0.2) is 4.79 Å². The number of furan rings is 1. The molecule has 3 aromatic rings. The summed E-state index contributed by atoms with van der Waals surface area (Å²) < 4.78 is 10.3. The molecule has 0 aliphatic rings. The Kier molecular flexibility index (Phi) is 6.97. The number of amides is 1. The number of carbonyl (C=O) groups excluding carboxylic acids is 2. The summed E-state index contributed by atoms with van der Waals surface area (Å²) in [5.41, 5.74) is 1.35. The smallest absolute Gasteiger partial charge is 0.348 e. The normalized spacial score (nSPS) is 10.3. The first-order chi connectivity index (χ1) is 14.7. The van der Waals surface area contributed by atoms with Crippen molar-refractivity contribution in [1.29, 1.82) is 5.26 Å². The maximum Gasteiger partial charge on any atom is 0.348 e. The van der Waals surface area contributed by atoms with Gasteiger partial charge >= 0.3 is 5.97 Å². The number of thiocarbonyl (C=S) groups is 1. The first-order valence-electron chi connectivity index (χ1n) is 8.54. The number of nitrogens with one attached hydrogen (secondary N) is 2. The number of methoxy groups -OCH3 is 1. The van der Waals surface area contributed by atoms with Gasteiger partial charge in [0.25, 0.3) is 5.91 Å². The van der Waals surface area contributed by atoms with Gasteiger partial charge < -0.3 is 14.5 Å². The summed E-state index contributed by atoms with van der Waals surface area (Å²) in [7, 11) is 1.25. The fourth-order valence-electron chi connectivity index (χ4n) is 2.59. The van der Waals surface area contributed by atoms with E-state index >= 15 is 0 Å². The van der Waals surface area contributed by atoms with Gasteiger partial charge in [0.15, 0.2) is 10.9 Å². The molecule has 31 heavy (non-hydrogen) atoms. The van der Waals surface area contributed by atoms with Crippen LogP contribution >= 0.6 is 46.8 Å². The Morgan fingerprint density at radius 1 is 1.23 bits per heavy atom. The van der Waals surface area contributed by atoms with Crippen LogP contribution in [0.15, 0.2) is 34.7 Å². The molecule has 0 saturated carbocycles. The Hall–Kier alpha value is -2.90. The number of hydrogen-bond donors (Lipinski definition) is 2. The summed E-state index contributed by atoms with van der Waals surface area (Å²) in [5, 5.41) is 15.7. The molecule has 0 aliphatic carbocycles. The lowest BCUT2D eigenvalue weighted by Gasteiger charge is -2.07. The van der Waals surface area contributed by atoms with Crippen LogP contribution in [0.25, 0.3) is 11.3 Å². The van der Waals surface area contributed by atoms with E-state index in [0.717, 1.165) is 11.3 Å². The lowest BCUT2D eigenvalue weighted by Crippen LogP contribution is -2.33. The Balaban J connectivity index is 1.73. The molecular weight excluding hydrogens is 481 g/mol. The third kappa shape index (κ3) is 4.89. The fourth-order valence-corrected chi connectivity index (χ4v) is 4.22. The minimum Gasteiger partial charge on any atom is -0.465 e. The number of hydrogen-bond acceptors (Lipinski definition) is 7. The second-order valence-corrected chi connectivity index (χ2v) is 8.31. The van der Waals surface area contributed by atoms with Gasteiger partial charge in [-0.05, 0) is 55.0 Å². The molecular formula is C20H13Cl2N3O4S2. The van der Waals surface area contributed by atoms with Crippen molar-refractivity contribution in [2.75, 3.05) is 12.4 Å². The van der Waals surface area contributed by atoms with Crippen LogP contribution in [0, 0.1) is 18.3 Å². The van der Waals surface area contributed by atoms with Crippen molar-refractivity contribution >= 4 is 68.7 Å². The predicted octanol–water partition coefficient (Wildman–Crippen LogP) is 5.41. The highest BCUT2D eigenvalue weighted by atomic mass is 35.5. The SMILES string of the molecule is COC(=O)c1sc(NC(=S)NC(=O)c2ccc(-c3ccc(Cl)c(Cl)c3)o2)c(C#N)c1C. The second kappa shape index (κ2) is 9.49. The van der Waals surface area contributed by atoms with Gasteiger partial charge in [0.05, 0.1) is 22.7 Å². The molecule has 0 aliphatic heterocycles. The number of benzene rings is 1. The lowest BCUT2D eigenvalue weighted by molar-refractivity contribution is 0.0605. The summed E-state index contributed by atoms with van der Waals surface area (Å²) in [6, 6.07) is 10.1. The third-order valence-electron chi connectivity index (χ3n) is 4.12. The standard InChI is InChI=1S/C20H13Cl2N3O4S2/c1-9-11(8-23)18(31-16(9)19(27)28-2)25-20(30)24-17(26)15-6-5-14(29-15)10-3-4-12(21)13(22)7-10/h3-7H,1-2H3,(H2,24,25,26,30). The summed E-state index contributed by atoms with van der Waals surface area (Å²) in [6.07, 6.45) is 0. The van der Waals surface area contributed by atoms with Crippen molar-refractivity contribution in [1.82, 2.24) is 5.32 Å². The minimum absolute atomic E-state index is 0.0170. The zero-order valence-corrected chi connectivity index (χ0v) is 19.2. The summed E-state index contributed by atoms with van der Waals surface area (Å²) in [5.74, 6) is -0.717. The van der Waals surface area contributed by atoms with E-state index in [1.165, 1.54) is 13.2 Å². The molecule has 0 fully saturated rings. The molecule has 158 valence electrons. The molecule has 7 nitrogen and oxygen atoms in total. The quantitative estimate of drug-likeness (QED) is 0.369. The number of anilines is 1. The average Bonchev–Trinajstić information content (AvgIpc) is 3.34. The largest absolute Gasteiger partial charge is 0.465 e. The molecule has 11 heteroatoms. The van der Waals surface area contributed by atoms with Crippen molar-refractivity contribution < 1.29 is 18.7 Å². The summed E-state index contributed by atoms with van der Waals surface area (Å²) in [4.78, 5) is 24.6. The van der Waals surface area contributed by atoms with Crippen LogP contribution in [0.1, 0.15) is 31.4 Å². The minimum atomic E-state index is -0.594. The topological polar surface area (TPSA) is 104 Å². The number of halogens is 2. The highest BCUT2D eigenvalue weighted by molar-refractivity contribution is 7.80. The number of carbonyl (C=O) groups is 2. The van der Waals surface area contributed by atoms with E-state index in [1.54, 1.807) is 31.2 Å². The zero-order chi connectivity index (χ0) is 22.7.